The minimum atomic E-state index is 0.463. The predicted octanol–water partition coefficient (Wildman–Crippen LogP) is 1.17. The van der Waals surface area contributed by atoms with E-state index in [1.807, 2.05) is 0 Å². The summed E-state index contributed by atoms with van der Waals surface area (Å²) in [6, 6.07) is 1.29. The first-order chi connectivity index (χ1) is 9.29. The minimum absolute atomic E-state index is 0.463. The SMILES string of the molecule is COCC(C)NCCN1CCC(N2CCCCC2)C1. The molecular weight excluding hydrogens is 238 g/mol. The Morgan fingerprint density at radius 1 is 1.21 bits per heavy atom. The van der Waals surface area contributed by atoms with E-state index >= 15 is 0 Å². The zero-order chi connectivity index (χ0) is 13.5. The van der Waals surface area contributed by atoms with Gasteiger partial charge in [-0.15, -0.1) is 0 Å². The smallest absolute Gasteiger partial charge is 0.0613 e. The molecular formula is C15H31N3O. The lowest BCUT2D eigenvalue weighted by Gasteiger charge is -2.32. The monoisotopic (exact) mass is 269 g/mol. The molecule has 2 unspecified atom stereocenters. The molecule has 0 aromatic rings. The summed E-state index contributed by atoms with van der Waals surface area (Å²) in [5.41, 5.74) is 0. The molecule has 0 aromatic carbocycles. The van der Waals surface area contributed by atoms with Gasteiger partial charge in [0.1, 0.15) is 0 Å². The highest BCUT2D eigenvalue weighted by atomic mass is 16.5. The number of nitrogens with one attached hydrogen (secondary N) is 1. The van der Waals surface area contributed by atoms with E-state index in [9.17, 15) is 0 Å². The van der Waals surface area contributed by atoms with Crippen LogP contribution in [0.2, 0.25) is 0 Å². The van der Waals surface area contributed by atoms with Crippen molar-refractivity contribution in [2.45, 2.75) is 44.7 Å². The van der Waals surface area contributed by atoms with Crippen LogP contribution in [0.4, 0.5) is 0 Å². The van der Waals surface area contributed by atoms with Crippen molar-refractivity contribution in [3.8, 4) is 0 Å². The number of hydrogen-bond donors (Lipinski definition) is 1. The molecule has 2 rings (SSSR count). The number of piperidine rings is 1. The lowest BCUT2D eigenvalue weighted by Crippen LogP contribution is -2.42. The molecule has 0 bridgehead atoms. The van der Waals surface area contributed by atoms with Crippen LogP contribution >= 0.6 is 0 Å². The summed E-state index contributed by atoms with van der Waals surface area (Å²) >= 11 is 0. The standard InChI is InChI=1S/C15H31N3O/c1-14(13-19-2)16-7-11-17-10-6-15(12-17)18-8-4-3-5-9-18/h14-16H,3-13H2,1-2H3. The van der Waals surface area contributed by atoms with Crippen molar-refractivity contribution in [2.75, 3.05) is 53.0 Å². The lowest BCUT2D eigenvalue weighted by atomic mass is 10.1. The van der Waals surface area contributed by atoms with Crippen LogP contribution in [-0.2, 0) is 4.74 Å². The molecule has 19 heavy (non-hydrogen) atoms. The molecule has 0 radical (unpaired) electrons. The number of nitrogens with zero attached hydrogens (tertiary/aromatic N) is 2. The maximum Gasteiger partial charge on any atom is 0.0613 e. The molecule has 0 aromatic heterocycles. The number of rotatable bonds is 7. The van der Waals surface area contributed by atoms with Crippen LogP contribution in [0.5, 0.6) is 0 Å². The van der Waals surface area contributed by atoms with Crippen LogP contribution in [0.25, 0.3) is 0 Å². The van der Waals surface area contributed by atoms with Crippen LogP contribution in [0.15, 0.2) is 0 Å². The summed E-state index contributed by atoms with van der Waals surface area (Å²) in [6.07, 6.45) is 5.63. The van der Waals surface area contributed by atoms with Crippen molar-refractivity contribution in [2.24, 2.45) is 0 Å². The van der Waals surface area contributed by atoms with Gasteiger partial charge in [-0.05, 0) is 45.8 Å². The summed E-state index contributed by atoms with van der Waals surface area (Å²) in [7, 11) is 1.77. The van der Waals surface area contributed by atoms with Gasteiger partial charge >= 0.3 is 0 Å². The maximum atomic E-state index is 5.14. The fraction of sp³-hybridized carbons (Fsp3) is 1.00. The maximum absolute atomic E-state index is 5.14. The van der Waals surface area contributed by atoms with E-state index in [-0.39, 0.29) is 0 Å². The average molecular weight is 269 g/mol. The molecule has 4 heteroatoms. The summed E-state index contributed by atoms with van der Waals surface area (Å²) in [5.74, 6) is 0. The molecule has 0 amide bonds. The van der Waals surface area contributed by atoms with Gasteiger partial charge in [-0.25, -0.2) is 0 Å². The highest BCUT2D eigenvalue weighted by Gasteiger charge is 2.27. The first kappa shape index (κ1) is 15.2. The number of likely N-dealkylation sites (tertiary alicyclic amines) is 2. The quantitative estimate of drug-likeness (QED) is 0.751. The van der Waals surface area contributed by atoms with Crippen LogP contribution in [0.3, 0.4) is 0 Å². The largest absolute Gasteiger partial charge is 0.383 e. The third kappa shape index (κ3) is 5.03. The Balaban J connectivity index is 1.59. The highest BCUT2D eigenvalue weighted by Crippen LogP contribution is 2.19. The van der Waals surface area contributed by atoms with E-state index in [0.717, 1.165) is 19.2 Å². The third-order valence-corrected chi connectivity index (χ3v) is 4.49. The van der Waals surface area contributed by atoms with Gasteiger partial charge in [-0.1, -0.05) is 6.42 Å². The van der Waals surface area contributed by atoms with Gasteiger partial charge in [0.05, 0.1) is 6.61 Å². The zero-order valence-electron chi connectivity index (χ0n) is 12.7. The summed E-state index contributed by atoms with van der Waals surface area (Å²) in [5, 5.41) is 3.52. The van der Waals surface area contributed by atoms with Gasteiger partial charge in [0.25, 0.3) is 0 Å². The number of hydrogen-bond acceptors (Lipinski definition) is 4. The first-order valence-corrected chi connectivity index (χ1v) is 7.98. The number of ether oxygens (including phenoxy) is 1. The third-order valence-electron chi connectivity index (χ3n) is 4.49. The Morgan fingerprint density at radius 3 is 2.74 bits per heavy atom. The Labute approximate surface area is 118 Å². The predicted molar refractivity (Wildman–Crippen MR) is 79.6 cm³/mol. The highest BCUT2D eigenvalue weighted by molar-refractivity contribution is 4.85. The van der Waals surface area contributed by atoms with Crippen LogP contribution < -0.4 is 5.32 Å². The Bertz CT molecular complexity index is 244. The molecule has 2 aliphatic heterocycles. The fourth-order valence-corrected chi connectivity index (χ4v) is 3.37. The molecule has 2 saturated heterocycles. The molecule has 4 nitrogen and oxygen atoms in total. The molecule has 2 atom stereocenters. The fourth-order valence-electron chi connectivity index (χ4n) is 3.37. The van der Waals surface area contributed by atoms with Crippen molar-refractivity contribution in [3.05, 3.63) is 0 Å². The van der Waals surface area contributed by atoms with Crippen LogP contribution in [-0.4, -0.2) is 74.9 Å². The zero-order valence-corrected chi connectivity index (χ0v) is 12.7. The van der Waals surface area contributed by atoms with Gasteiger partial charge in [0.15, 0.2) is 0 Å². The van der Waals surface area contributed by atoms with E-state index < -0.39 is 0 Å². The molecule has 0 saturated carbocycles. The minimum Gasteiger partial charge on any atom is -0.383 e. The van der Waals surface area contributed by atoms with Crippen molar-refractivity contribution >= 4 is 0 Å². The summed E-state index contributed by atoms with van der Waals surface area (Å²) in [6.45, 7) is 10.5. The van der Waals surface area contributed by atoms with Gasteiger partial charge in [-0.2, -0.15) is 0 Å². The molecule has 0 aliphatic carbocycles. The van der Waals surface area contributed by atoms with Crippen molar-refractivity contribution in [1.29, 1.82) is 0 Å². The van der Waals surface area contributed by atoms with Gasteiger partial charge in [-0.3, -0.25) is 4.90 Å². The van der Waals surface area contributed by atoms with E-state index in [4.69, 9.17) is 4.74 Å². The van der Waals surface area contributed by atoms with E-state index in [2.05, 4.69) is 22.0 Å². The average Bonchev–Trinajstić information content (AvgIpc) is 2.89. The van der Waals surface area contributed by atoms with E-state index in [1.165, 1.54) is 58.4 Å². The summed E-state index contributed by atoms with van der Waals surface area (Å²) in [4.78, 5) is 5.34. The molecule has 1 N–H and O–H groups in total. The molecule has 0 spiro atoms. The lowest BCUT2D eigenvalue weighted by molar-refractivity contribution is 0.159. The van der Waals surface area contributed by atoms with Crippen molar-refractivity contribution in [3.63, 3.8) is 0 Å². The Kier molecular flexibility index (Phi) is 6.57. The van der Waals surface area contributed by atoms with Gasteiger partial charge in [0.2, 0.25) is 0 Å². The van der Waals surface area contributed by atoms with Crippen molar-refractivity contribution in [1.82, 2.24) is 15.1 Å². The molecule has 2 fully saturated rings. The summed E-state index contributed by atoms with van der Waals surface area (Å²) < 4.78 is 5.14. The van der Waals surface area contributed by atoms with Crippen LogP contribution in [0, 0.1) is 0 Å². The second-order valence-corrected chi connectivity index (χ2v) is 6.15. The molecule has 2 heterocycles. The Morgan fingerprint density at radius 2 is 2.00 bits per heavy atom. The Hall–Kier alpha value is -0.160. The van der Waals surface area contributed by atoms with E-state index in [1.54, 1.807) is 7.11 Å². The second-order valence-electron chi connectivity index (χ2n) is 6.15. The topological polar surface area (TPSA) is 27.7 Å². The first-order valence-electron chi connectivity index (χ1n) is 7.98. The molecule has 112 valence electrons. The van der Waals surface area contributed by atoms with E-state index in [0.29, 0.717) is 6.04 Å². The normalized spacial score (nSPS) is 27.8. The number of methoxy groups -OCH3 is 1. The second kappa shape index (κ2) is 8.20. The van der Waals surface area contributed by atoms with Gasteiger partial charge in [0, 0.05) is 38.8 Å². The molecule has 2 aliphatic rings. The van der Waals surface area contributed by atoms with Crippen molar-refractivity contribution < 1.29 is 4.74 Å². The van der Waals surface area contributed by atoms with Gasteiger partial charge < -0.3 is 15.0 Å². The van der Waals surface area contributed by atoms with Crippen LogP contribution in [0.1, 0.15) is 32.6 Å².